The molecule has 0 saturated heterocycles. The molecular formula is C11H12BrN3. The first kappa shape index (κ1) is 10.4. The van der Waals surface area contributed by atoms with Crippen LogP contribution >= 0.6 is 15.9 Å². The third kappa shape index (κ3) is 2.65. The van der Waals surface area contributed by atoms with Gasteiger partial charge in [-0.1, -0.05) is 30.3 Å². The Morgan fingerprint density at radius 1 is 1.20 bits per heavy atom. The predicted molar refractivity (Wildman–Crippen MR) is 62.6 cm³/mol. The second kappa shape index (κ2) is 4.57. The summed E-state index contributed by atoms with van der Waals surface area (Å²) in [5.74, 6) is 1.01. The van der Waals surface area contributed by atoms with Crippen molar-refractivity contribution in [3.8, 4) is 0 Å². The van der Waals surface area contributed by atoms with Crippen LogP contribution in [-0.2, 0) is 19.9 Å². The number of aromatic nitrogens is 3. The van der Waals surface area contributed by atoms with Gasteiger partial charge in [0.15, 0.2) is 0 Å². The van der Waals surface area contributed by atoms with Crippen molar-refractivity contribution >= 4 is 15.9 Å². The monoisotopic (exact) mass is 265 g/mol. The Morgan fingerprint density at radius 3 is 2.53 bits per heavy atom. The lowest BCUT2D eigenvalue weighted by Gasteiger charge is -2.00. The summed E-state index contributed by atoms with van der Waals surface area (Å²) < 4.78 is 2.47. The lowest BCUT2D eigenvalue weighted by Crippen LogP contribution is -2.01. The van der Waals surface area contributed by atoms with Gasteiger partial charge in [-0.15, -0.1) is 5.10 Å². The van der Waals surface area contributed by atoms with Crippen LogP contribution < -0.4 is 0 Å². The quantitative estimate of drug-likeness (QED) is 0.853. The van der Waals surface area contributed by atoms with E-state index < -0.39 is 0 Å². The summed E-state index contributed by atoms with van der Waals surface area (Å²) in [6, 6.07) is 10.4. The zero-order valence-electron chi connectivity index (χ0n) is 8.52. The highest BCUT2D eigenvalue weighted by atomic mass is 79.9. The van der Waals surface area contributed by atoms with E-state index in [4.69, 9.17) is 0 Å². The Hall–Kier alpha value is -1.16. The van der Waals surface area contributed by atoms with Gasteiger partial charge in [0.25, 0.3) is 0 Å². The van der Waals surface area contributed by atoms with Crippen LogP contribution in [0.1, 0.15) is 11.4 Å². The summed E-state index contributed by atoms with van der Waals surface area (Å²) in [6.45, 7) is 0. The number of halogens is 1. The van der Waals surface area contributed by atoms with E-state index in [2.05, 4.69) is 50.3 Å². The number of hydrogen-bond donors (Lipinski definition) is 0. The van der Waals surface area contributed by atoms with Gasteiger partial charge >= 0.3 is 0 Å². The molecule has 0 saturated carbocycles. The molecule has 0 aliphatic rings. The Bertz CT molecular complexity index is 436. The summed E-state index contributed by atoms with van der Waals surface area (Å²) in [5, 5.41) is 4.15. The highest BCUT2D eigenvalue weighted by Crippen LogP contribution is 2.07. The molecule has 0 N–H and O–H groups in total. The van der Waals surface area contributed by atoms with E-state index in [1.54, 1.807) is 0 Å². The van der Waals surface area contributed by atoms with Crippen molar-refractivity contribution in [2.24, 2.45) is 7.05 Å². The lowest BCUT2D eigenvalue weighted by molar-refractivity contribution is 0.690. The number of aryl methyl sites for hydroxylation is 3. The molecule has 0 atom stereocenters. The Balaban J connectivity index is 2.02. The molecule has 0 fully saturated rings. The molecule has 0 bridgehead atoms. The third-order valence-corrected chi connectivity index (χ3v) is 2.64. The summed E-state index contributed by atoms with van der Waals surface area (Å²) in [4.78, 5) is 4.29. The van der Waals surface area contributed by atoms with E-state index >= 15 is 0 Å². The van der Waals surface area contributed by atoms with Gasteiger partial charge in [-0.2, -0.15) is 0 Å². The maximum Gasteiger partial charge on any atom is 0.217 e. The standard InChI is InChI=1S/C11H12BrN3/c1-15-10(13-11(12)14-15)8-7-9-5-3-2-4-6-9/h2-6H,7-8H2,1H3. The Morgan fingerprint density at radius 2 is 1.93 bits per heavy atom. The SMILES string of the molecule is Cn1nc(Br)nc1CCc1ccccc1. The van der Waals surface area contributed by atoms with E-state index in [0.29, 0.717) is 4.73 Å². The first-order chi connectivity index (χ1) is 7.25. The van der Waals surface area contributed by atoms with Crippen LogP contribution in [0.5, 0.6) is 0 Å². The predicted octanol–water partition coefficient (Wildman–Crippen LogP) is 2.36. The second-order valence-electron chi connectivity index (χ2n) is 3.41. The van der Waals surface area contributed by atoms with Crippen LogP contribution in [0.3, 0.4) is 0 Å². The molecule has 15 heavy (non-hydrogen) atoms. The van der Waals surface area contributed by atoms with Crippen molar-refractivity contribution in [3.63, 3.8) is 0 Å². The summed E-state index contributed by atoms with van der Waals surface area (Å²) in [6.07, 6.45) is 1.92. The number of rotatable bonds is 3. The average molecular weight is 266 g/mol. The van der Waals surface area contributed by atoms with Gasteiger partial charge in [0, 0.05) is 13.5 Å². The Labute approximate surface area is 97.3 Å². The van der Waals surface area contributed by atoms with Crippen LogP contribution in [0.15, 0.2) is 35.1 Å². The molecule has 3 nitrogen and oxygen atoms in total. The normalized spacial score (nSPS) is 10.5. The zero-order chi connectivity index (χ0) is 10.7. The smallest absolute Gasteiger partial charge is 0.217 e. The van der Waals surface area contributed by atoms with Crippen molar-refractivity contribution < 1.29 is 0 Å². The third-order valence-electron chi connectivity index (χ3n) is 2.31. The molecule has 0 aliphatic heterocycles. The number of nitrogens with zero attached hydrogens (tertiary/aromatic N) is 3. The Kier molecular flexibility index (Phi) is 3.16. The fourth-order valence-electron chi connectivity index (χ4n) is 1.50. The average Bonchev–Trinajstić information content (AvgIpc) is 2.56. The molecule has 1 heterocycles. The van der Waals surface area contributed by atoms with Gasteiger partial charge in [-0.3, -0.25) is 4.68 Å². The maximum atomic E-state index is 4.29. The lowest BCUT2D eigenvalue weighted by atomic mass is 10.1. The van der Waals surface area contributed by atoms with Crippen LogP contribution in [0.25, 0.3) is 0 Å². The molecule has 0 unspecified atom stereocenters. The molecular weight excluding hydrogens is 254 g/mol. The minimum absolute atomic E-state index is 0.660. The number of benzene rings is 1. The molecule has 0 spiro atoms. The van der Waals surface area contributed by atoms with Crippen molar-refractivity contribution in [1.82, 2.24) is 14.8 Å². The van der Waals surface area contributed by atoms with Gasteiger partial charge in [0.2, 0.25) is 4.73 Å². The van der Waals surface area contributed by atoms with E-state index in [0.717, 1.165) is 18.7 Å². The van der Waals surface area contributed by atoms with Gasteiger partial charge in [0.05, 0.1) is 0 Å². The molecule has 2 aromatic rings. The highest BCUT2D eigenvalue weighted by Gasteiger charge is 2.04. The molecule has 0 radical (unpaired) electrons. The van der Waals surface area contributed by atoms with Crippen LogP contribution in [0, 0.1) is 0 Å². The fraction of sp³-hybridized carbons (Fsp3) is 0.273. The molecule has 78 valence electrons. The molecule has 0 aliphatic carbocycles. The van der Waals surface area contributed by atoms with E-state index in [-0.39, 0.29) is 0 Å². The zero-order valence-corrected chi connectivity index (χ0v) is 10.1. The van der Waals surface area contributed by atoms with Crippen molar-refractivity contribution in [3.05, 3.63) is 46.5 Å². The van der Waals surface area contributed by atoms with Gasteiger partial charge < -0.3 is 0 Å². The molecule has 1 aromatic carbocycles. The molecule has 4 heteroatoms. The minimum Gasteiger partial charge on any atom is -0.252 e. The summed E-state index contributed by atoms with van der Waals surface area (Å²) in [7, 11) is 1.91. The van der Waals surface area contributed by atoms with E-state index in [1.807, 2.05) is 17.8 Å². The van der Waals surface area contributed by atoms with Crippen molar-refractivity contribution in [1.29, 1.82) is 0 Å². The number of hydrogen-bond acceptors (Lipinski definition) is 2. The van der Waals surface area contributed by atoms with Crippen LogP contribution in [0.2, 0.25) is 0 Å². The van der Waals surface area contributed by atoms with Crippen molar-refractivity contribution in [2.75, 3.05) is 0 Å². The maximum absolute atomic E-state index is 4.29. The highest BCUT2D eigenvalue weighted by molar-refractivity contribution is 9.10. The first-order valence-corrected chi connectivity index (χ1v) is 5.64. The van der Waals surface area contributed by atoms with Gasteiger partial charge in [-0.05, 0) is 27.9 Å². The second-order valence-corrected chi connectivity index (χ2v) is 4.12. The van der Waals surface area contributed by atoms with Gasteiger partial charge in [-0.25, -0.2) is 4.98 Å². The van der Waals surface area contributed by atoms with E-state index in [1.165, 1.54) is 5.56 Å². The summed E-state index contributed by atoms with van der Waals surface area (Å²) in [5.41, 5.74) is 1.33. The van der Waals surface area contributed by atoms with E-state index in [9.17, 15) is 0 Å². The van der Waals surface area contributed by atoms with Crippen molar-refractivity contribution in [2.45, 2.75) is 12.8 Å². The topological polar surface area (TPSA) is 30.7 Å². The van der Waals surface area contributed by atoms with Crippen LogP contribution in [-0.4, -0.2) is 14.8 Å². The van der Waals surface area contributed by atoms with Gasteiger partial charge in [0.1, 0.15) is 5.82 Å². The molecule has 1 aromatic heterocycles. The minimum atomic E-state index is 0.660. The molecule has 0 amide bonds. The molecule has 2 rings (SSSR count). The fourth-order valence-corrected chi connectivity index (χ4v) is 1.94. The largest absolute Gasteiger partial charge is 0.252 e. The van der Waals surface area contributed by atoms with Crippen LogP contribution in [0.4, 0.5) is 0 Å². The summed E-state index contributed by atoms with van der Waals surface area (Å²) >= 11 is 3.27. The first-order valence-electron chi connectivity index (χ1n) is 4.85.